The number of piperidine rings is 1. The van der Waals surface area contributed by atoms with Crippen molar-refractivity contribution in [3.63, 3.8) is 0 Å². The van der Waals surface area contributed by atoms with Crippen molar-refractivity contribution in [3.05, 3.63) is 34.9 Å². The smallest absolute Gasteiger partial charge is 0.220 e. The van der Waals surface area contributed by atoms with Crippen molar-refractivity contribution < 1.29 is 4.79 Å². The molecule has 14 heavy (non-hydrogen) atoms. The highest BCUT2D eigenvalue weighted by molar-refractivity contribution is 6.30. The molecule has 1 saturated heterocycles. The molecule has 1 amide bonds. The van der Waals surface area contributed by atoms with Gasteiger partial charge in [-0.15, -0.1) is 0 Å². The summed E-state index contributed by atoms with van der Waals surface area (Å²) in [5.41, 5.74) is 1.17. The number of rotatable bonds is 1. The van der Waals surface area contributed by atoms with Gasteiger partial charge in [-0.3, -0.25) is 4.79 Å². The van der Waals surface area contributed by atoms with E-state index in [4.69, 9.17) is 11.6 Å². The fourth-order valence-corrected chi connectivity index (χ4v) is 2.03. The molecule has 1 N–H and O–H groups in total. The Balaban J connectivity index is 2.17. The highest BCUT2D eigenvalue weighted by Crippen LogP contribution is 2.27. The second-order valence-corrected chi connectivity index (χ2v) is 4.03. The summed E-state index contributed by atoms with van der Waals surface area (Å²) >= 11 is 5.90. The molecule has 0 unspecified atom stereocenters. The largest absolute Gasteiger partial charge is 0.356 e. The zero-order valence-corrected chi connectivity index (χ0v) is 8.55. The molecule has 2 nitrogen and oxygen atoms in total. The Kier molecular flexibility index (Phi) is 2.73. The van der Waals surface area contributed by atoms with Gasteiger partial charge in [-0.05, 0) is 30.0 Å². The second kappa shape index (κ2) is 4.01. The summed E-state index contributed by atoms with van der Waals surface area (Å²) in [7, 11) is 0. The van der Waals surface area contributed by atoms with Crippen LogP contribution in [0.4, 0.5) is 0 Å². The molecule has 1 aromatic rings. The molecule has 1 aliphatic rings. The quantitative estimate of drug-likeness (QED) is 0.756. The molecule has 0 spiro atoms. The Bertz CT molecular complexity index is 351. The van der Waals surface area contributed by atoms with E-state index >= 15 is 0 Å². The van der Waals surface area contributed by atoms with Crippen LogP contribution < -0.4 is 5.32 Å². The Morgan fingerprint density at radius 3 is 3.00 bits per heavy atom. The molecule has 0 radical (unpaired) electrons. The van der Waals surface area contributed by atoms with Gasteiger partial charge in [0.15, 0.2) is 0 Å². The van der Waals surface area contributed by atoms with Gasteiger partial charge in [0.2, 0.25) is 5.91 Å². The van der Waals surface area contributed by atoms with Gasteiger partial charge in [0.1, 0.15) is 0 Å². The Morgan fingerprint density at radius 2 is 2.29 bits per heavy atom. The van der Waals surface area contributed by atoms with Gasteiger partial charge in [0.25, 0.3) is 0 Å². The van der Waals surface area contributed by atoms with Crippen molar-refractivity contribution in [2.75, 3.05) is 6.54 Å². The molecule has 1 heterocycles. The number of hydrogen-bond donors (Lipinski definition) is 1. The predicted molar refractivity (Wildman–Crippen MR) is 56.4 cm³/mol. The topological polar surface area (TPSA) is 29.1 Å². The molecule has 2 rings (SSSR count). The Morgan fingerprint density at radius 1 is 1.43 bits per heavy atom. The van der Waals surface area contributed by atoms with Crippen LogP contribution in [0.15, 0.2) is 24.3 Å². The van der Waals surface area contributed by atoms with E-state index in [0.29, 0.717) is 12.3 Å². The maximum atomic E-state index is 11.2. The van der Waals surface area contributed by atoms with E-state index in [0.717, 1.165) is 18.0 Å². The average molecular weight is 210 g/mol. The number of benzene rings is 1. The molecule has 1 atom stereocenters. The summed E-state index contributed by atoms with van der Waals surface area (Å²) in [5, 5.41) is 3.57. The summed E-state index contributed by atoms with van der Waals surface area (Å²) < 4.78 is 0. The number of halogens is 1. The molecular weight excluding hydrogens is 198 g/mol. The van der Waals surface area contributed by atoms with E-state index in [2.05, 4.69) is 5.32 Å². The summed E-state index contributed by atoms with van der Waals surface area (Å²) in [5.74, 6) is 0.476. The zero-order valence-electron chi connectivity index (χ0n) is 7.79. The molecular formula is C11H12ClNO. The molecule has 0 aromatic heterocycles. The van der Waals surface area contributed by atoms with Gasteiger partial charge in [0.05, 0.1) is 0 Å². The minimum atomic E-state index is 0.140. The standard InChI is InChI=1S/C11H12ClNO/c12-10-3-1-2-8(6-10)9-4-5-13-11(14)7-9/h1-3,6,9H,4-5,7H2,(H,13,14)/t9-/m1/s1. The molecule has 3 heteroatoms. The average Bonchev–Trinajstić information content (AvgIpc) is 2.18. The van der Waals surface area contributed by atoms with Crippen molar-refractivity contribution in [1.29, 1.82) is 0 Å². The Labute approximate surface area is 88.3 Å². The lowest BCUT2D eigenvalue weighted by molar-refractivity contribution is -0.122. The summed E-state index contributed by atoms with van der Waals surface area (Å²) in [6, 6.07) is 7.78. The Hall–Kier alpha value is -1.02. The van der Waals surface area contributed by atoms with Crippen LogP contribution in [0.3, 0.4) is 0 Å². The number of amides is 1. The fourth-order valence-electron chi connectivity index (χ4n) is 1.83. The summed E-state index contributed by atoms with van der Waals surface area (Å²) in [4.78, 5) is 11.2. The van der Waals surface area contributed by atoms with Crippen molar-refractivity contribution in [2.24, 2.45) is 0 Å². The van der Waals surface area contributed by atoms with E-state index < -0.39 is 0 Å². The van der Waals surface area contributed by atoms with Crippen molar-refractivity contribution in [2.45, 2.75) is 18.8 Å². The SMILES string of the molecule is O=C1C[C@H](c2cccc(Cl)c2)CCN1. The number of hydrogen-bond acceptors (Lipinski definition) is 1. The van der Waals surface area contributed by atoms with Gasteiger partial charge < -0.3 is 5.32 Å². The van der Waals surface area contributed by atoms with Crippen LogP contribution in [0.5, 0.6) is 0 Å². The summed E-state index contributed by atoms with van der Waals surface area (Å²) in [6.07, 6.45) is 1.59. The van der Waals surface area contributed by atoms with Gasteiger partial charge in [-0.2, -0.15) is 0 Å². The monoisotopic (exact) mass is 209 g/mol. The highest BCUT2D eigenvalue weighted by atomic mass is 35.5. The first-order valence-electron chi connectivity index (χ1n) is 4.78. The van der Waals surface area contributed by atoms with Gasteiger partial charge in [-0.1, -0.05) is 23.7 Å². The maximum Gasteiger partial charge on any atom is 0.220 e. The van der Waals surface area contributed by atoms with Crippen molar-refractivity contribution in [1.82, 2.24) is 5.32 Å². The third kappa shape index (κ3) is 2.07. The zero-order chi connectivity index (χ0) is 9.97. The number of carbonyl (C=O) groups excluding carboxylic acids is 1. The molecule has 1 fully saturated rings. The number of carbonyl (C=O) groups is 1. The van der Waals surface area contributed by atoms with E-state index in [9.17, 15) is 4.79 Å². The van der Waals surface area contributed by atoms with Crippen LogP contribution in [0.25, 0.3) is 0 Å². The van der Waals surface area contributed by atoms with E-state index in [1.54, 1.807) is 0 Å². The van der Waals surface area contributed by atoms with Crippen LogP contribution >= 0.6 is 11.6 Å². The maximum absolute atomic E-state index is 11.2. The third-order valence-electron chi connectivity index (χ3n) is 2.57. The molecule has 1 aromatic carbocycles. The predicted octanol–water partition coefficient (Wildman–Crippen LogP) is 2.33. The van der Waals surface area contributed by atoms with Crippen molar-refractivity contribution >= 4 is 17.5 Å². The van der Waals surface area contributed by atoms with E-state index in [1.807, 2.05) is 24.3 Å². The van der Waals surface area contributed by atoms with Gasteiger partial charge in [-0.25, -0.2) is 0 Å². The molecule has 0 aliphatic carbocycles. The van der Waals surface area contributed by atoms with Crippen LogP contribution in [0.2, 0.25) is 5.02 Å². The highest BCUT2D eigenvalue weighted by Gasteiger charge is 2.20. The van der Waals surface area contributed by atoms with E-state index in [-0.39, 0.29) is 5.91 Å². The third-order valence-corrected chi connectivity index (χ3v) is 2.80. The van der Waals surface area contributed by atoms with E-state index in [1.165, 1.54) is 5.56 Å². The van der Waals surface area contributed by atoms with Gasteiger partial charge in [0, 0.05) is 18.0 Å². The lowest BCUT2D eigenvalue weighted by atomic mass is 9.90. The van der Waals surface area contributed by atoms with Crippen LogP contribution in [0.1, 0.15) is 24.3 Å². The lowest BCUT2D eigenvalue weighted by Crippen LogP contribution is -2.32. The molecule has 1 aliphatic heterocycles. The molecule has 0 saturated carbocycles. The second-order valence-electron chi connectivity index (χ2n) is 3.59. The minimum Gasteiger partial charge on any atom is -0.356 e. The van der Waals surface area contributed by atoms with Crippen LogP contribution in [0, 0.1) is 0 Å². The minimum absolute atomic E-state index is 0.140. The van der Waals surface area contributed by atoms with Crippen LogP contribution in [-0.4, -0.2) is 12.5 Å². The lowest BCUT2D eigenvalue weighted by Gasteiger charge is -2.22. The first-order chi connectivity index (χ1) is 6.75. The first-order valence-corrected chi connectivity index (χ1v) is 5.15. The summed E-state index contributed by atoms with van der Waals surface area (Å²) in [6.45, 7) is 0.774. The molecule has 0 bridgehead atoms. The first kappa shape index (κ1) is 9.53. The number of nitrogens with one attached hydrogen (secondary N) is 1. The normalized spacial score (nSPS) is 21.8. The van der Waals surface area contributed by atoms with Crippen LogP contribution in [-0.2, 0) is 4.79 Å². The van der Waals surface area contributed by atoms with Gasteiger partial charge >= 0.3 is 0 Å². The molecule has 74 valence electrons. The fraction of sp³-hybridized carbons (Fsp3) is 0.364. The van der Waals surface area contributed by atoms with Crippen molar-refractivity contribution in [3.8, 4) is 0 Å².